The van der Waals surface area contributed by atoms with E-state index in [1.165, 1.54) is 0 Å². The summed E-state index contributed by atoms with van der Waals surface area (Å²) in [6.45, 7) is 5.24. The Morgan fingerprint density at radius 3 is 1.58 bits per heavy atom. The van der Waals surface area contributed by atoms with E-state index >= 15 is 0 Å². The number of ether oxygens (including phenoxy) is 2. The van der Waals surface area contributed by atoms with Crippen molar-refractivity contribution in [3.05, 3.63) is 48.5 Å². The molecule has 2 rings (SSSR count). The molecule has 0 saturated heterocycles. The van der Waals surface area contributed by atoms with Crippen LogP contribution in [0, 0.1) is 0 Å². The Kier molecular flexibility index (Phi) is 4.67. The number of anilines is 2. The largest absolute Gasteiger partial charge is 0.492 e. The maximum Gasteiger partial charge on any atom is 0.142 e. The molecule has 0 unspecified atom stereocenters. The summed E-state index contributed by atoms with van der Waals surface area (Å²) in [6, 6.07) is 15.8. The quantitative estimate of drug-likeness (QED) is 0.840. The number of benzene rings is 2. The first-order valence-electron chi connectivity index (χ1n) is 6.55. The van der Waals surface area contributed by atoms with Crippen molar-refractivity contribution in [3.8, 4) is 11.5 Å². The van der Waals surface area contributed by atoms with Crippen LogP contribution in [0.4, 0.5) is 11.4 Å². The smallest absolute Gasteiger partial charge is 0.142 e. The van der Waals surface area contributed by atoms with Gasteiger partial charge in [-0.05, 0) is 38.1 Å². The Hall–Kier alpha value is -2.16. The second kappa shape index (κ2) is 6.69. The number of hydrogen-bond donors (Lipinski definition) is 1. The van der Waals surface area contributed by atoms with Gasteiger partial charge in [-0.2, -0.15) is 0 Å². The highest BCUT2D eigenvalue weighted by Crippen LogP contribution is 2.32. The molecule has 0 aromatic heterocycles. The van der Waals surface area contributed by atoms with Gasteiger partial charge in [-0.15, -0.1) is 0 Å². The summed E-state index contributed by atoms with van der Waals surface area (Å²) in [4.78, 5) is 0. The summed E-state index contributed by atoms with van der Waals surface area (Å²) in [6.07, 6.45) is 0. The van der Waals surface area contributed by atoms with Crippen molar-refractivity contribution >= 4 is 11.4 Å². The Labute approximate surface area is 114 Å². The monoisotopic (exact) mass is 257 g/mol. The molecule has 0 atom stereocenters. The lowest BCUT2D eigenvalue weighted by molar-refractivity contribution is 0.340. The van der Waals surface area contributed by atoms with E-state index in [1.54, 1.807) is 0 Å². The van der Waals surface area contributed by atoms with Gasteiger partial charge in [0.2, 0.25) is 0 Å². The molecule has 0 spiro atoms. The fraction of sp³-hybridized carbons (Fsp3) is 0.250. The van der Waals surface area contributed by atoms with E-state index in [0.717, 1.165) is 22.9 Å². The SMILES string of the molecule is CCOc1ccccc1Nc1ccccc1OCC. The fourth-order valence-corrected chi connectivity index (χ4v) is 1.85. The third-order valence-electron chi connectivity index (χ3n) is 2.64. The maximum absolute atomic E-state index is 5.61. The van der Waals surface area contributed by atoms with E-state index < -0.39 is 0 Å². The van der Waals surface area contributed by atoms with Crippen LogP contribution in [-0.2, 0) is 0 Å². The molecule has 3 heteroatoms. The van der Waals surface area contributed by atoms with Gasteiger partial charge in [0, 0.05) is 0 Å². The van der Waals surface area contributed by atoms with Crippen LogP contribution in [0.2, 0.25) is 0 Å². The molecule has 0 amide bonds. The average Bonchev–Trinajstić information content (AvgIpc) is 2.44. The minimum Gasteiger partial charge on any atom is -0.492 e. The lowest BCUT2D eigenvalue weighted by Gasteiger charge is -2.15. The van der Waals surface area contributed by atoms with Crippen LogP contribution >= 0.6 is 0 Å². The molecule has 3 nitrogen and oxygen atoms in total. The first-order valence-corrected chi connectivity index (χ1v) is 6.55. The lowest BCUT2D eigenvalue weighted by Crippen LogP contribution is -2.00. The van der Waals surface area contributed by atoms with Crippen molar-refractivity contribution < 1.29 is 9.47 Å². The predicted octanol–water partition coefficient (Wildman–Crippen LogP) is 4.23. The standard InChI is InChI=1S/C16H19NO2/c1-3-18-15-11-7-5-9-13(15)17-14-10-6-8-12-16(14)19-4-2/h5-12,17H,3-4H2,1-2H3. The van der Waals surface area contributed by atoms with Crippen molar-refractivity contribution in [2.24, 2.45) is 0 Å². The minimum atomic E-state index is 0.645. The summed E-state index contributed by atoms with van der Waals surface area (Å²) >= 11 is 0. The third-order valence-corrected chi connectivity index (χ3v) is 2.64. The zero-order valence-electron chi connectivity index (χ0n) is 11.3. The van der Waals surface area contributed by atoms with Crippen LogP contribution in [0.5, 0.6) is 11.5 Å². The lowest BCUT2D eigenvalue weighted by atomic mass is 10.2. The van der Waals surface area contributed by atoms with Gasteiger partial charge < -0.3 is 14.8 Å². The van der Waals surface area contributed by atoms with E-state index in [2.05, 4.69) is 5.32 Å². The molecule has 2 aromatic rings. The molecule has 0 bridgehead atoms. The normalized spacial score (nSPS) is 10.0. The highest BCUT2D eigenvalue weighted by molar-refractivity contribution is 5.70. The summed E-state index contributed by atoms with van der Waals surface area (Å²) in [7, 11) is 0. The van der Waals surface area contributed by atoms with Crippen LogP contribution < -0.4 is 14.8 Å². The predicted molar refractivity (Wildman–Crippen MR) is 78.5 cm³/mol. The molecule has 0 heterocycles. The minimum absolute atomic E-state index is 0.645. The van der Waals surface area contributed by atoms with Gasteiger partial charge in [0.15, 0.2) is 0 Å². The zero-order valence-corrected chi connectivity index (χ0v) is 11.3. The van der Waals surface area contributed by atoms with Crippen molar-refractivity contribution in [3.63, 3.8) is 0 Å². The molecular formula is C16H19NO2. The molecule has 0 radical (unpaired) electrons. The Morgan fingerprint density at radius 1 is 0.737 bits per heavy atom. The Morgan fingerprint density at radius 2 is 1.16 bits per heavy atom. The van der Waals surface area contributed by atoms with Gasteiger partial charge in [0.1, 0.15) is 11.5 Å². The average molecular weight is 257 g/mol. The topological polar surface area (TPSA) is 30.5 Å². The van der Waals surface area contributed by atoms with Crippen LogP contribution in [0.1, 0.15) is 13.8 Å². The van der Waals surface area contributed by atoms with Gasteiger partial charge in [0.05, 0.1) is 24.6 Å². The first kappa shape index (κ1) is 13.3. The van der Waals surface area contributed by atoms with Crippen molar-refractivity contribution in [2.45, 2.75) is 13.8 Å². The summed E-state index contributed by atoms with van der Waals surface area (Å²) < 4.78 is 11.2. The molecular weight excluding hydrogens is 238 g/mol. The Balaban J connectivity index is 2.25. The van der Waals surface area contributed by atoms with Gasteiger partial charge in [-0.1, -0.05) is 24.3 Å². The van der Waals surface area contributed by atoms with Crippen LogP contribution in [0.3, 0.4) is 0 Å². The molecule has 0 fully saturated rings. The molecule has 100 valence electrons. The maximum atomic E-state index is 5.61. The van der Waals surface area contributed by atoms with Gasteiger partial charge in [-0.3, -0.25) is 0 Å². The first-order chi connectivity index (χ1) is 9.35. The number of para-hydroxylation sites is 4. The highest BCUT2D eigenvalue weighted by Gasteiger charge is 2.06. The number of hydrogen-bond acceptors (Lipinski definition) is 3. The van der Waals surface area contributed by atoms with Gasteiger partial charge >= 0.3 is 0 Å². The molecule has 2 aromatic carbocycles. The van der Waals surface area contributed by atoms with Crippen LogP contribution in [-0.4, -0.2) is 13.2 Å². The van der Waals surface area contributed by atoms with E-state index in [0.29, 0.717) is 13.2 Å². The number of rotatable bonds is 6. The second-order valence-electron chi connectivity index (χ2n) is 3.98. The van der Waals surface area contributed by atoms with E-state index in [4.69, 9.17) is 9.47 Å². The molecule has 0 aliphatic heterocycles. The molecule has 0 aliphatic rings. The van der Waals surface area contributed by atoms with E-state index in [9.17, 15) is 0 Å². The second-order valence-corrected chi connectivity index (χ2v) is 3.98. The summed E-state index contributed by atoms with van der Waals surface area (Å²) in [5.74, 6) is 1.69. The highest BCUT2D eigenvalue weighted by atomic mass is 16.5. The summed E-state index contributed by atoms with van der Waals surface area (Å²) in [5, 5.41) is 3.36. The molecule has 19 heavy (non-hydrogen) atoms. The number of nitrogens with one attached hydrogen (secondary N) is 1. The van der Waals surface area contributed by atoms with E-state index in [1.807, 2.05) is 62.4 Å². The fourth-order valence-electron chi connectivity index (χ4n) is 1.85. The Bertz CT molecular complexity index is 478. The van der Waals surface area contributed by atoms with Gasteiger partial charge in [0.25, 0.3) is 0 Å². The van der Waals surface area contributed by atoms with Crippen molar-refractivity contribution in [1.29, 1.82) is 0 Å². The zero-order chi connectivity index (χ0) is 13.5. The van der Waals surface area contributed by atoms with Crippen molar-refractivity contribution in [2.75, 3.05) is 18.5 Å². The third kappa shape index (κ3) is 3.41. The summed E-state index contributed by atoms with van der Waals surface area (Å²) in [5.41, 5.74) is 1.88. The van der Waals surface area contributed by atoms with Gasteiger partial charge in [-0.25, -0.2) is 0 Å². The molecule has 1 N–H and O–H groups in total. The van der Waals surface area contributed by atoms with Crippen LogP contribution in [0.25, 0.3) is 0 Å². The van der Waals surface area contributed by atoms with Crippen molar-refractivity contribution in [1.82, 2.24) is 0 Å². The molecule has 0 saturated carbocycles. The van der Waals surface area contributed by atoms with E-state index in [-0.39, 0.29) is 0 Å². The van der Waals surface area contributed by atoms with Crippen LogP contribution in [0.15, 0.2) is 48.5 Å². The molecule has 0 aliphatic carbocycles.